The number of hydrogen-bond acceptors (Lipinski definition) is 6. The van der Waals surface area contributed by atoms with Crippen molar-refractivity contribution in [2.75, 3.05) is 12.8 Å². The van der Waals surface area contributed by atoms with E-state index in [4.69, 9.17) is 15.0 Å². The molecule has 1 aromatic carbocycles. The van der Waals surface area contributed by atoms with Gasteiger partial charge in [-0.15, -0.1) is 0 Å². The van der Waals surface area contributed by atoms with Gasteiger partial charge in [-0.1, -0.05) is 0 Å². The Kier molecular flexibility index (Phi) is 5.36. The molecule has 0 aliphatic heterocycles. The van der Waals surface area contributed by atoms with Crippen molar-refractivity contribution in [3.8, 4) is 5.75 Å². The molecule has 0 fully saturated rings. The number of nitro groups is 1. The number of benzene rings is 1. The van der Waals surface area contributed by atoms with E-state index in [2.05, 4.69) is 0 Å². The van der Waals surface area contributed by atoms with Gasteiger partial charge in [0, 0.05) is 0 Å². The molecule has 0 radical (unpaired) electrons. The summed E-state index contributed by atoms with van der Waals surface area (Å²) in [5.74, 6) is -0.0425. The Hall–Kier alpha value is -0.870. The van der Waals surface area contributed by atoms with Crippen LogP contribution in [0.4, 0.5) is 11.4 Å². The van der Waals surface area contributed by atoms with E-state index in [0.717, 1.165) is 12.1 Å². The number of methoxy groups -OCH3 is 1. The van der Waals surface area contributed by atoms with E-state index < -0.39 is 25.6 Å². The number of nitrogens with zero attached hydrogens (tertiary/aromatic N) is 1. The first-order valence-corrected chi connectivity index (χ1v) is 5.30. The Bertz CT molecular complexity index is 544. The summed E-state index contributed by atoms with van der Waals surface area (Å²) in [6.07, 6.45) is 0. The summed E-state index contributed by atoms with van der Waals surface area (Å²) in [5, 5.41) is 10.6. The fraction of sp³-hybridized carbons (Fsp3) is 0.143. The van der Waals surface area contributed by atoms with Crippen LogP contribution in [0.5, 0.6) is 5.75 Å². The molecule has 90 valence electrons. The Labute approximate surface area is 119 Å². The fourth-order valence-corrected chi connectivity index (χ4v) is 1.76. The zero-order valence-electron chi connectivity index (χ0n) is 8.08. The first-order valence-electron chi connectivity index (χ1n) is 3.86. The number of nitrogen functional groups attached to an aromatic ring is 1. The molecule has 10 heteroatoms. The molecule has 0 unspecified atom stereocenters. The van der Waals surface area contributed by atoms with E-state index in [-0.39, 0.29) is 41.0 Å². The molecule has 0 aliphatic rings. The van der Waals surface area contributed by atoms with Crippen LogP contribution in [0.15, 0.2) is 17.0 Å². The van der Waals surface area contributed by atoms with Gasteiger partial charge in [-0.2, -0.15) is 8.42 Å². The van der Waals surface area contributed by atoms with E-state index in [1.165, 1.54) is 7.11 Å². The van der Waals surface area contributed by atoms with Crippen molar-refractivity contribution in [2.45, 2.75) is 4.90 Å². The summed E-state index contributed by atoms with van der Waals surface area (Å²) < 4.78 is 35.2. The number of nitro benzene ring substituents is 1. The third-order valence-electron chi connectivity index (χ3n) is 1.79. The van der Waals surface area contributed by atoms with Gasteiger partial charge in [-0.05, 0) is 6.07 Å². The summed E-state index contributed by atoms with van der Waals surface area (Å²) >= 11 is 0. The van der Waals surface area contributed by atoms with E-state index >= 15 is 0 Å². The van der Waals surface area contributed by atoms with Gasteiger partial charge in [0.25, 0.3) is 5.69 Å². The molecule has 0 spiro atoms. The molecule has 0 aliphatic carbocycles. The third-order valence-corrected chi connectivity index (χ3v) is 2.67. The van der Waals surface area contributed by atoms with Crippen LogP contribution in [0.3, 0.4) is 0 Å². The first kappa shape index (κ1) is 16.1. The SMILES string of the molecule is COc1cc([N+](=O)[O-])c(S(=O)(=O)O)cc1N.[NaH]. The first-order chi connectivity index (χ1) is 7.27. The molecular weight excluding hydrogens is 263 g/mol. The second-order valence-corrected chi connectivity index (χ2v) is 4.18. The average molecular weight is 272 g/mol. The molecule has 0 aromatic heterocycles. The van der Waals surface area contributed by atoms with Gasteiger partial charge in [0.15, 0.2) is 4.90 Å². The summed E-state index contributed by atoms with van der Waals surface area (Å²) in [6, 6.07) is 1.60. The molecule has 0 heterocycles. The summed E-state index contributed by atoms with van der Waals surface area (Å²) in [7, 11) is -3.48. The maximum atomic E-state index is 10.9. The second-order valence-electron chi connectivity index (χ2n) is 2.79. The van der Waals surface area contributed by atoms with Gasteiger partial charge in [0.1, 0.15) is 5.75 Å². The molecule has 0 bridgehead atoms. The predicted octanol–water partition coefficient (Wildman–Crippen LogP) is -0.216. The van der Waals surface area contributed by atoms with Crippen LogP contribution in [0, 0.1) is 10.1 Å². The normalized spacial score (nSPS) is 10.5. The Morgan fingerprint density at radius 3 is 2.35 bits per heavy atom. The molecular formula is C7H9N2NaO6S. The topological polar surface area (TPSA) is 133 Å². The van der Waals surface area contributed by atoms with Crippen LogP contribution in [0.2, 0.25) is 0 Å². The van der Waals surface area contributed by atoms with E-state index in [9.17, 15) is 18.5 Å². The van der Waals surface area contributed by atoms with Crippen molar-refractivity contribution < 1.29 is 22.6 Å². The Balaban J connectivity index is 0.00000256. The molecule has 0 amide bonds. The van der Waals surface area contributed by atoms with Gasteiger partial charge in [0.2, 0.25) is 0 Å². The van der Waals surface area contributed by atoms with Crippen LogP contribution in [0.1, 0.15) is 0 Å². The van der Waals surface area contributed by atoms with Crippen molar-refractivity contribution in [3.63, 3.8) is 0 Å². The summed E-state index contributed by atoms with van der Waals surface area (Å²) in [6.45, 7) is 0. The molecule has 3 N–H and O–H groups in total. The maximum absolute atomic E-state index is 10.9. The van der Waals surface area contributed by atoms with Crippen molar-refractivity contribution >= 4 is 51.1 Å². The van der Waals surface area contributed by atoms with Crippen molar-refractivity contribution in [1.82, 2.24) is 0 Å². The van der Waals surface area contributed by atoms with Crippen LogP contribution in [0.25, 0.3) is 0 Å². The minimum atomic E-state index is -4.70. The molecule has 1 rings (SSSR count). The second kappa shape index (κ2) is 5.65. The zero-order valence-corrected chi connectivity index (χ0v) is 8.89. The Morgan fingerprint density at radius 1 is 1.47 bits per heavy atom. The summed E-state index contributed by atoms with van der Waals surface area (Å²) in [4.78, 5) is 8.76. The monoisotopic (exact) mass is 272 g/mol. The van der Waals surface area contributed by atoms with Gasteiger partial charge < -0.3 is 10.5 Å². The van der Waals surface area contributed by atoms with Crippen LogP contribution in [-0.2, 0) is 10.1 Å². The molecule has 17 heavy (non-hydrogen) atoms. The van der Waals surface area contributed by atoms with Gasteiger partial charge >= 0.3 is 39.7 Å². The van der Waals surface area contributed by atoms with E-state index in [1.54, 1.807) is 0 Å². The standard InChI is InChI=1S/C7H8N2O6S.Na.H/c1-15-6-3-5(9(10)11)7(2-4(6)8)16(12,13)14;;/h2-3H,8H2,1H3,(H,12,13,14);;. The van der Waals surface area contributed by atoms with Crippen LogP contribution in [-0.4, -0.2) is 54.6 Å². The average Bonchev–Trinajstić information content (AvgIpc) is 2.15. The van der Waals surface area contributed by atoms with Crippen LogP contribution >= 0.6 is 0 Å². The summed E-state index contributed by atoms with van der Waals surface area (Å²) in [5.41, 5.74) is 4.45. The number of anilines is 1. The third kappa shape index (κ3) is 3.54. The molecule has 0 atom stereocenters. The molecule has 0 saturated heterocycles. The molecule has 1 aromatic rings. The minimum absolute atomic E-state index is 0. The molecule has 8 nitrogen and oxygen atoms in total. The quantitative estimate of drug-likeness (QED) is 0.255. The zero-order chi connectivity index (χ0) is 12.5. The molecule has 0 saturated carbocycles. The van der Waals surface area contributed by atoms with Gasteiger partial charge in [0.05, 0.1) is 23.8 Å². The van der Waals surface area contributed by atoms with E-state index in [1.807, 2.05) is 0 Å². The predicted molar refractivity (Wildman–Crippen MR) is 61.0 cm³/mol. The number of ether oxygens (including phenoxy) is 1. The number of hydrogen-bond donors (Lipinski definition) is 2. The van der Waals surface area contributed by atoms with Crippen molar-refractivity contribution in [1.29, 1.82) is 0 Å². The number of rotatable bonds is 3. The van der Waals surface area contributed by atoms with Crippen LogP contribution < -0.4 is 10.5 Å². The van der Waals surface area contributed by atoms with Crippen molar-refractivity contribution in [3.05, 3.63) is 22.2 Å². The van der Waals surface area contributed by atoms with Gasteiger partial charge in [-0.25, -0.2) is 0 Å². The Morgan fingerprint density at radius 2 is 2.00 bits per heavy atom. The fourth-order valence-electron chi connectivity index (χ4n) is 1.09. The van der Waals surface area contributed by atoms with E-state index in [0.29, 0.717) is 0 Å². The van der Waals surface area contributed by atoms with Gasteiger partial charge in [-0.3, -0.25) is 14.7 Å². The number of nitrogens with two attached hydrogens (primary N) is 1. The van der Waals surface area contributed by atoms with Crippen molar-refractivity contribution in [2.24, 2.45) is 0 Å².